The van der Waals surface area contributed by atoms with Crippen molar-refractivity contribution >= 4 is 11.8 Å². The van der Waals surface area contributed by atoms with Crippen molar-refractivity contribution in [3.05, 3.63) is 29.8 Å². The molecule has 0 aliphatic carbocycles. The largest absolute Gasteiger partial charge is 0.446 e. The molecule has 0 aromatic heterocycles. The summed E-state index contributed by atoms with van der Waals surface area (Å²) in [6.45, 7) is 1.96. The zero-order chi connectivity index (χ0) is 12.2. The highest BCUT2D eigenvalue weighted by molar-refractivity contribution is 8.00. The third kappa shape index (κ3) is 4.90. The predicted octanol–water partition coefficient (Wildman–Crippen LogP) is 3.58. The molecule has 1 nitrogen and oxygen atoms in total. The molecule has 90 valence electrons. The van der Waals surface area contributed by atoms with Gasteiger partial charge >= 0.3 is 5.51 Å². The van der Waals surface area contributed by atoms with Gasteiger partial charge in [0.25, 0.3) is 0 Å². The number of alkyl halides is 3. The second kappa shape index (κ2) is 5.59. The summed E-state index contributed by atoms with van der Waals surface area (Å²) in [6.07, 6.45) is 1.43. The highest BCUT2D eigenvalue weighted by atomic mass is 32.2. The summed E-state index contributed by atoms with van der Waals surface area (Å²) in [5, 5.41) is 0. The Bertz CT molecular complexity index is 338. The summed E-state index contributed by atoms with van der Waals surface area (Å²) < 4.78 is 36.4. The van der Waals surface area contributed by atoms with E-state index in [9.17, 15) is 13.2 Å². The minimum Gasteiger partial charge on any atom is -0.327 e. The summed E-state index contributed by atoms with van der Waals surface area (Å²) >= 11 is -0.0912. The monoisotopic (exact) mass is 249 g/mol. The Labute approximate surface area is 97.2 Å². The van der Waals surface area contributed by atoms with E-state index in [1.54, 1.807) is 18.2 Å². The molecule has 1 aromatic carbocycles. The van der Waals surface area contributed by atoms with Gasteiger partial charge in [0.2, 0.25) is 0 Å². The number of halogens is 3. The lowest BCUT2D eigenvalue weighted by Gasteiger charge is -2.10. The van der Waals surface area contributed by atoms with Crippen LogP contribution in [0, 0.1) is 0 Å². The van der Waals surface area contributed by atoms with Crippen LogP contribution < -0.4 is 5.73 Å². The number of rotatable bonds is 4. The van der Waals surface area contributed by atoms with Crippen molar-refractivity contribution in [2.45, 2.75) is 36.2 Å². The Hall–Kier alpha value is -0.680. The van der Waals surface area contributed by atoms with Gasteiger partial charge in [0.1, 0.15) is 0 Å². The van der Waals surface area contributed by atoms with Gasteiger partial charge in [-0.25, -0.2) is 0 Å². The molecule has 0 aliphatic rings. The fraction of sp³-hybridized carbons (Fsp3) is 0.455. The molecule has 0 saturated carbocycles. The highest BCUT2D eigenvalue weighted by Crippen LogP contribution is 2.36. The quantitative estimate of drug-likeness (QED) is 0.825. The van der Waals surface area contributed by atoms with Crippen LogP contribution in [0.2, 0.25) is 0 Å². The van der Waals surface area contributed by atoms with Gasteiger partial charge in [0, 0.05) is 10.9 Å². The molecule has 0 heterocycles. The Morgan fingerprint density at radius 3 is 2.62 bits per heavy atom. The van der Waals surface area contributed by atoms with Crippen molar-refractivity contribution < 1.29 is 13.2 Å². The first-order valence-electron chi connectivity index (χ1n) is 5.01. The smallest absolute Gasteiger partial charge is 0.327 e. The molecule has 1 aromatic rings. The van der Waals surface area contributed by atoms with Crippen LogP contribution in [0.15, 0.2) is 29.2 Å². The zero-order valence-electron chi connectivity index (χ0n) is 8.92. The Morgan fingerprint density at radius 2 is 2.06 bits per heavy atom. The minimum absolute atomic E-state index is 0.00568. The van der Waals surface area contributed by atoms with Gasteiger partial charge in [-0.1, -0.05) is 19.1 Å². The molecule has 2 N–H and O–H groups in total. The van der Waals surface area contributed by atoms with Crippen LogP contribution in [0.5, 0.6) is 0 Å². The number of hydrogen-bond donors (Lipinski definition) is 1. The fourth-order valence-electron chi connectivity index (χ4n) is 1.32. The van der Waals surface area contributed by atoms with Crippen LogP contribution in [0.25, 0.3) is 0 Å². The van der Waals surface area contributed by atoms with E-state index in [0.717, 1.165) is 12.0 Å². The van der Waals surface area contributed by atoms with Crippen LogP contribution in [0.3, 0.4) is 0 Å². The topological polar surface area (TPSA) is 26.0 Å². The number of nitrogens with two attached hydrogens (primary N) is 1. The summed E-state index contributed by atoms with van der Waals surface area (Å²) in [5.74, 6) is 0. The van der Waals surface area contributed by atoms with Crippen LogP contribution in [0.4, 0.5) is 13.2 Å². The maximum absolute atomic E-state index is 12.1. The van der Waals surface area contributed by atoms with Crippen molar-refractivity contribution in [2.75, 3.05) is 0 Å². The Balaban J connectivity index is 2.71. The van der Waals surface area contributed by atoms with Crippen LogP contribution in [-0.2, 0) is 6.42 Å². The molecule has 0 fully saturated rings. The van der Waals surface area contributed by atoms with Gasteiger partial charge in [-0.05, 0) is 42.3 Å². The summed E-state index contributed by atoms with van der Waals surface area (Å²) in [4.78, 5) is 0.216. The molecule has 1 rings (SSSR count). The number of benzene rings is 1. The third-order valence-electron chi connectivity index (χ3n) is 2.15. The van der Waals surface area contributed by atoms with Gasteiger partial charge in [-0.15, -0.1) is 0 Å². The van der Waals surface area contributed by atoms with E-state index in [1.165, 1.54) is 6.07 Å². The summed E-state index contributed by atoms with van der Waals surface area (Å²) in [6, 6.07) is 6.44. The first-order valence-corrected chi connectivity index (χ1v) is 5.82. The molecular weight excluding hydrogens is 235 g/mol. The average molecular weight is 249 g/mol. The van der Waals surface area contributed by atoms with Crippen molar-refractivity contribution in [1.29, 1.82) is 0 Å². The third-order valence-corrected chi connectivity index (χ3v) is 2.88. The van der Waals surface area contributed by atoms with Crippen molar-refractivity contribution in [2.24, 2.45) is 5.73 Å². The lowest BCUT2D eigenvalue weighted by molar-refractivity contribution is -0.0328. The highest BCUT2D eigenvalue weighted by Gasteiger charge is 2.29. The molecule has 0 bridgehead atoms. The van der Waals surface area contributed by atoms with Gasteiger partial charge in [0.15, 0.2) is 0 Å². The lowest BCUT2D eigenvalue weighted by Crippen LogP contribution is -2.21. The zero-order valence-corrected chi connectivity index (χ0v) is 9.74. The van der Waals surface area contributed by atoms with Crippen LogP contribution in [0.1, 0.15) is 18.9 Å². The molecule has 0 aliphatic heterocycles. The minimum atomic E-state index is -4.23. The van der Waals surface area contributed by atoms with Gasteiger partial charge in [0.05, 0.1) is 0 Å². The van der Waals surface area contributed by atoms with E-state index in [-0.39, 0.29) is 22.7 Å². The second-order valence-corrected chi connectivity index (χ2v) is 4.71. The molecule has 0 spiro atoms. The molecule has 0 amide bonds. The van der Waals surface area contributed by atoms with Gasteiger partial charge < -0.3 is 5.73 Å². The lowest BCUT2D eigenvalue weighted by atomic mass is 10.1. The first-order chi connectivity index (χ1) is 7.40. The molecule has 16 heavy (non-hydrogen) atoms. The van der Waals surface area contributed by atoms with Crippen molar-refractivity contribution in [3.8, 4) is 0 Å². The average Bonchev–Trinajstić information content (AvgIpc) is 2.15. The maximum atomic E-state index is 12.1. The molecule has 1 unspecified atom stereocenters. The normalized spacial score (nSPS) is 13.8. The number of hydrogen-bond acceptors (Lipinski definition) is 2. The predicted molar refractivity (Wildman–Crippen MR) is 60.3 cm³/mol. The number of thioether (sulfide) groups is 1. The molecular formula is C11H14F3NS. The Kier molecular flexibility index (Phi) is 4.68. The fourth-order valence-corrected chi connectivity index (χ4v) is 1.94. The van der Waals surface area contributed by atoms with Crippen molar-refractivity contribution in [1.82, 2.24) is 0 Å². The van der Waals surface area contributed by atoms with E-state index in [2.05, 4.69) is 0 Å². The first kappa shape index (κ1) is 13.4. The van der Waals surface area contributed by atoms with Crippen LogP contribution >= 0.6 is 11.8 Å². The SMILES string of the molecule is CCC(N)Cc1cccc(SC(F)(F)F)c1. The molecule has 0 radical (unpaired) electrons. The van der Waals surface area contributed by atoms with Crippen LogP contribution in [-0.4, -0.2) is 11.6 Å². The van der Waals surface area contributed by atoms with E-state index in [0.29, 0.717) is 6.42 Å². The Morgan fingerprint density at radius 1 is 1.38 bits per heavy atom. The second-order valence-electron chi connectivity index (χ2n) is 3.57. The van der Waals surface area contributed by atoms with E-state index >= 15 is 0 Å². The summed E-state index contributed by atoms with van der Waals surface area (Å²) in [5.41, 5.74) is 2.37. The maximum Gasteiger partial charge on any atom is 0.446 e. The van der Waals surface area contributed by atoms with E-state index in [1.807, 2.05) is 6.92 Å². The van der Waals surface area contributed by atoms with E-state index in [4.69, 9.17) is 5.73 Å². The van der Waals surface area contributed by atoms with Gasteiger partial charge in [-0.2, -0.15) is 13.2 Å². The molecule has 5 heteroatoms. The summed E-state index contributed by atoms with van der Waals surface area (Å²) in [7, 11) is 0. The van der Waals surface area contributed by atoms with E-state index < -0.39 is 5.51 Å². The molecule has 1 atom stereocenters. The standard InChI is InChI=1S/C11H14F3NS/c1-2-9(15)6-8-4-3-5-10(7-8)16-11(12,13)14/h3-5,7,9H,2,6,15H2,1H3. The van der Waals surface area contributed by atoms with Gasteiger partial charge in [-0.3, -0.25) is 0 Å². The van der Waals surface area contributed by atoms with Crippen molar-refractivity contribution in [3.63, 3.8) is 0 Å². The molecule has 0 saturated heterocycles.